The molecule has 0 aromatic heterocycles. The van der Waals surface area contributed by atoms with Gasteiger partial charge in [-0.25, -0.2) is 8.78 Å². The fraction of sp³-hybridized carbons (Fsp3) is 0.400. The van der Waals surface area contributed by atoms with Gasteiger partial charge in [0, 0.05) is 11.9 Å². The van der Waals surface area contributed by atoms with Gasteiger partial charge < -0.3 is 4.74 Å². The van der Waals surface area contributed by atoms with Crippen molar-refractivity contribution in [2.45, 2.75) is 13.0 Å². The third-order valence-corrected chi connectivity index (χ3v) is 2.24. The molecule has 0 radical (unpaired) electrons. The average molecular weight is 265 g/mol. The minimum absolute atomic E-state index is 0.324. The van der Waals surface area contributed by atoms with Crippen molar-refractivity contribution in [3.05, 3.63) is 35.4 Å². The van der Waals surface area contributed by atoms with Crippen LogP contribution in [0.25, 0.3) is 0 Å². The Balaban J connectivity index is 2.39. The summed E-state index contributed by atoms with van der Waals surface area (Å²) in [5, 5.41) is 0.880. The van der Waals surface area contributed by atoms with Crippen LogP contribution in [-0.4, -0.2) is 11.9 Å². The lowest BCUT2D eigenvalue weighted by molar-refractivity contribution is 0.122. The van der Waals surface area contributed by atoms with Crippen molar-refractivity contribution < 1.29 is 13.5 Å². The van der Waals surface area contributed by atoms with Gasteiger partial charge in [0.1, 0.15) is 0 Å². The van der Waals surface area contributed by atoms with Gasteiger partial charge in [0.15, 0.2) is 11.6 Å². The molecule has 0 bridgehead atoms. The maximum Gasteiger partial charge on any atom is 0.159 e. The second kappa shape index (κ2) is 6.09. The molecule has 0 spiro atoms. The largest absolute Gasteiger partial charge is 0.377 e. The van der Waals surface area contributed by atoms with E-state index in [0.717, 1.165) is 23.9 Å². The van der Waals surface area contributed by atoms with Gasteiger partial charge in [-0.1, -0.05) is 22.0 Å². The van der Waals surface area contributed by atoms with Crippen LogP contribution >= 0.6 is 15.9 Å². The standard InChI is InChI=1S/C10H11BrF2O/c11-4-1-5-14-7-8-2-3-9(12)10(13)6-8/h2-3,6H,1,4-5,7H2. The predicted octanol–water partition coefficient (Wildman–Crippen LogP) is 3.27. The quantitative estimate of drug-likeness (QED) is 0.586. The van der Waals surface area contributed by atoms with Gasteiger partial charge in [-0.2, -0.15) is 0 Å². The number of hydrogen-bond donors (Lipinski definition) is 0. The molecule has 0 atom stereocenters. The second-order valence-electron chi connectivity index (χ2n) is 2.84. The van der Waals surface area contributed by atoms with Crippen molar-refractivity contribution in [2.24, 2.45) is 0 Å². The molecule has 1 nitrogen and oxygen atoms in total. The third-order valence-electron chi connectivity index (χ3n) is 1.68. The van der Waals surface area contributed by atoms with Crippen molar-refractivity contribution in [1.29, 1.82) is 0 Å². The van der Waals surface area contributed by atoms with E-state index in [-0.39, 0.29) is 0 Å². The first-order valence-electron chi connectivity index (χ1n) is 4.31. The van der Waals surface area contributed by atoms with Crippen molar-refractivity contribution >= 4 is 15.9 Å². The van der Waals surface area contributed by atoms with E-state index in [2.05, 4.69) is 15.9 Å². The monoisotopic (exact) mass is 264 g/mol. The number of hydrogen-bond acceptors (Lipinski definition) is 1. The summed E-state index contributed by atoms with van der Waals surface area (Å²) in [5.74, 6) is -1.65. The van der Waals surface area contributed by atoms with Gasteiger partial charge in [-0.15, -0.1) is 0 Å². The molecule has 0 aliphatic heterocycles. The lowest BCUT2D eigenvalue weighted by Crippen LogP contribution is -1.97. The highest BCUT2D eigenvalue weighted by Crippen LogP contribution is 2.09. The molecule has 0 aliphatic rings. The molecule has 0 aliphatic carbocycles. The first-order chi connectivity index (χ1) is 6.74. The van der Waals surface area contributed by atoms with Crippen molar-refractivity contribution in [3.63, 3.8) is 0 Å². The van der Waals surface area contributed by atoms with E-state index < -0.39 is 11.6 Å². The van der Waals surface area contributed by atoms with Crippen LogP contribution in [0.1, 0.15) is 12.0 Å². The second-order valence-corrected chi connectivity index (χ2v) is 3.64. The summed E-state index contributed by atoms with van der Waals surface area (Å²) in [6, 6.07) is 3.79. The van der Waals surface area contributed by atoms with Crippen LogP contribution in [0.5, 0.6) is 0 Å². The molecular formula is C10H11BrF2O. The summed E-state index contributed by atoms with van der Waals surface area (Å²) in [4.78, 5) is 0. The number of rotatable bonds is 5. The fourth-order valence-corrected chi connectivity index (χ4v) is 1.20. The SMILES string of the molecule is Fc1ccc(COCCCBr)cc1F. The molecule has 4 heteroatoms. The van der Waals surface area contributed by atoms with E-state index in [0.29, 0.717) is 18.8 Å². The van der Waals surface area contributed by atoms with Gasteiger partial charge in [-0.05, 0) is 24.1 Å². The minimum Gasteiger partial charge on any atom is -0.377 e. The molecule has 0 N–H and O–H groups in total. The average Bonchev–Trinajstić information content (AvgIpc) is 2.18. The van der Waals surface area contributed by atoms with Crippen LogP contribution in [-0.2, 0) is 11.3 Å². The van der Waals surface area contributed by atoms with E-state index in [1.165, 1.54) is 6.07 Å². The Hall–Kier alpha value is -0.480. The molecule has 0 saturated heterocycles. The molecule has 1 aromatic carbocycles. The predicted molar refractivity (Wildman–Crippen MR) is 54.4 cm³/mol. The smallest absolute Gasteiger partial charge is 0.159 e. The van der Waals surface area contributed by atoms with Crippen LogP contribution in [0.15, 0.2) is 18.2 Å². The van der Waals surface area contributed by atoms with Crippen LogP contribution < -0.4 is 0 Å². The van der Waals surface area contributed by atoms with Crippen LogP contribution in [0.4, 0.5) is 8.78 Å². The summed E-state index contributed by atoms with van der Waals surface area (Å²) < 4.78 is 30.5. The zero-order valence-electron chi connectivity index (χ0n) is 7.60. The lowest BCUT2D eigenvalue weighted by Gasteiger charge is -2.03. The molecule has 14 heavy (non-hydrogen) atoms. The zero-order chi connectivity index (χ0) is 10.4. The summed E-state index contributed by atoms with van der Waals surface area (Å²) in [6.45, 7) is 0.939. The molecular weight excluding hydrogens is 254 g/mol. The Bertz CT molecular complexity index is 291. The number of halogens is 3. The van der Waals surface area contributed by atoms with Crippen LogP contribution in [0.3, 0.4) is 0 Å². The van der Waals surface area contributed by atoms with E-state index in [9.17, 15) is 8.78 Å². The molecule has 0 fully saturated rings. The first kappa shape index (κ1) is 11.6. The lowest BCUT2D eigenvalue weighted by atomic mass is 10.2. The maximum atomic E-state index is 12.7. The van der Waals surface area contributed by atoms with Gasteiger partial charge in [0.05, 0.1) is 6.61 Å². The fourth-order valence-electron chi connectivity index (χ4n) is 0.976. The maximum absolute atomic E-state index is 12.7. The summed E-state index contributed by atoms with van der Waals surface area (Å²) in [7, 11) is 0. The Kier molecular flexibility index (Phi) is 5.04. The minimum atomic E-state index is -0.827. The number of alkyl halides is 1. The molecule has 1 aromatic rings. The van der Waals surface area contributed by atoms with E-state index in [1.807, 2.05) is 0 Å². The Morgan fingerprint density at radius 1 is 1.21 bits per heavy atom. The molecule has 0 unspecified atom stereocenters. The van der Waals surface area contributed by atoms with Crippen molar-refractivity contribution in [1.82, 2.24) is 0 Å². The highest BCUT2D eigenvalue weighted by molar-refractivity contribution is 9.09. The van der Waals surface area contributed by atoms with Gasteiger partial charge in [-0.3, -0.25) is 0 Å². The molecule has 0 heterocycles. The van der Waals surface area contributed by atoms with E-state index >= 15 is 0 Å². The Morgan fingerprint density at radius 3 is 2.64 bits per heavy atom. The molecule has 78 valence electrons. The summed E-state index contributed by atoms with van der Waals surface area (Å²) in [6.07, 6.45) is 0.906. The molecule has 0 amide bonds. The first-order valence-corrected chi connectivity index (χ1v) is 5.44. The van der Waals surface area contributed by atoms with Gasteiger partial charge in [0.2, 0.25) is 0 Å². The molecule has 1 rings (SSSR count). The zero-order valence-corrected chi connectivity index (χ0v) is 9.19. The van der Waals surface area contributed by atoms with Crippen molar-refractivity contribution in [2.75, 3.05) is 11.9 Å². The van der Waals surface area contributed by atoms with Crippen molar-refractivity contribution in [3.8, 4) is 0 Å². The number of benzene rings is 1. The highest BCUT2D eigenvalue weighted by atomic mass is 79.9. The normalized spacial score (nSPS) is 10.5. The van der Waals surface area contributed by atoms with Gasteiger partial charge >= 0.3 is 0 Å². The summed E-state index contributed by atoms with van der Waals surface area (Å²) >= 11 is 3.27. The van der Waals surface area contributed by atoms with Crippen LogP contribution in [0.2, 0.25) is 0 Å². The van der Waals surface area contributed by atoms with Crippen LogP contribution in [0, 0.1) is 11.6 Å². The van der Waals surface area contributed by atoms with E-state index in [1.54, 1.807) is 0 Å². The highest BCUT2D eigenvalue weighted by Gasteiger charge is 2.01. The number of ether oxygens (including phenoxy) is 1. The summed E-state index contributed by atoms with van der Waals surface area (Å²) in [5.41, 5.74) is 0.651. The molecule has 0 saturated carbocycles. The van der Waals surface area contributed by atoms with Gasteiger partial charge in [0.25, 0.3) is 0 Å². The Morgan fingerprint density at radius 2 is 2.00 bits per heavy atom. The topological polar surface area (TPSA) is 9.23 Å². The van der Waals surface area contributed by atoms with E-state index in [4.69, 9.17) is 4.74 Å². The Labute approximate surface area is 90.2 Å². The third kappa shape index (κ3) is 3.72.